The molecular formula is C17H24N2O. The lowest BCUT2D eigenvalue weighted by Crippen LogP contribution is -2.38. The average molecular weight is 272 g/mol. The molecule has 1 unspecified atom stereocenters. The van der Waals surface area contributed by atoms with E-state index in [4.69, 9.17) is 0 Å². The summed E-state index contributed by atoms with van der Waals surface area (Å²) in [6, 6.07) is 8.53. The van der Waals surface area contributed by atoms with E-state index in [0.717, 1.165) is 38.9 Å². The van der Waals surface area contributed by atoms with Gasteiger partial charge < -0.3 is 10.2 Å². The van der Waals surface area contributed by atoms with Gasteiger partial charge in [-0.15, -0.1) is 0 Å². The van der Waals surface area contributed by atoms with Gasteiger partial charge in [-0.05, 0) is 43.9 Å². The van der Waals surface area contributed by atoms with Crippen LogP contribution in [0.5, 0.6) is 0 Å². The van der Waals surface area contributed by atoms with Gasteiger partial charge in [-0.3, -0.25) is 4.79 Å². The molecule has 0 aromatic heterocycles. The van der Waals surface area contributed by atoms with Crippen LogP contribution in [0.25, 0.3) is 0 Å². The number of fused-ring (bicyclic) bond motifs is 1. The van der Waals surface area contributed by atoms with E-state index in [0.29, 0.717) is 12.3 Å². The second-order valence-corrected chi connectivity index (χ2v) is 6.02. The number of carbonyl (C=O) groups excluding carboxylic acids is 1. The maximum atomic E-state index is 12.5. The van der Waals surface area contributed by atoms with Crippen LogP contribution in [-0.4, -0.2) is 32.0 Å². The minimum absolute atomic E-state index is 0.214. The number of Topliss-reactive ketones (excluding diaryl/α,β-unsaturated/α-hetero) is 1. The van der Waals surface area contributed by atoms with Crippen molar-refractivity contribution in [2.75, 3.05) is 31.1 Å². The van der Waals surface area contributed by atoms with Crippen LogP contribution in [0.4, 0.5) is 5.69 Å². The van der Waals surface area contributed by atoms with Crippen molar-refractivity contribution >= 4 is 11.5 Å². The number of hydrogen-bond acceptors (Lipinski definition) is 3. The number of carbonyl (C=O) groups is 1. The minimum atomic E-state index is 0.214. The summed E-state index contributed by atoms with van der Waals surface area (Å²) in [6.07, 6.45) is 5.75. The zero-order valence-electron chi connectivity index (χ0n) is 12.1. The lowest BCUT2D eigenvalue weighted by Gasteiger charge is -2.31. The molecule has 0 aliphatic carbocycles. The number of anilines is 1. The molecule has 1 aromatic rings. The molecule has 2 aliphatic heterocycles. The van der Waals surface area contributed by atoms with E-state index in [1.54, 1.807) is 0 Å². The zero-order chi connectivity index (χ0) is 13.8. The summed E-state index contributed by atoms with van der Waals surface area (Å²) in [5.74, 6) is 0.627. The van der Waals surface area contributed by atoms with E-state index in [9.17, 15) is 4.79 Å². The first-order valence-electron chi connectivity index (χ1n) is 7.91. The summed E-state index contributed by atoms with van der Waals surface area (Å²) in [6.45, 7) is 3.54. The van der Waals surface area contributed by atoms with Crippen LogP contribution in [0, 0.1) is 5.92 Å². The summed E-state index contributed by atoms with van der Waals surface area (Å²) in [5, 5.41) is 3.40. The highest BCUT2D eigenvalue weighted by atomic mass is 16.1. The molecule has 3 heteroatoms. The van der Waals surface area contributed by atoms with E-state index >= 15 is 0 Å². The summed E-state index contributed by atoms with van der Waals surface area (Å²) in [5.41, 5.74) is 2.67. The third-order valence-corrected chi connectivity index (χ3v) is 4.56. The number of rotatable bonds is 3. The van der Waals surface area contributed by atoms with Crippen molar-refractivity contribution in [3.05, 3.63) is 29.8 Å². The zero-order valence-corrected chi connectivity index (χ0v) is 12.1. The molecule has 3 nitrogen and oxygen atoms in total. The van der Waals surface area contributed by atoms with Gasteiger partial charge >= 0.3 is 0 Å². The first-order chi connectivity index (χ1) is 9.84. The highest BCUT2D eigenvalue weighted by molar-refractivity contribution is 5.86. The summed E-state index contributed by atoms with van der Waals surface area (Å²) < 4.78 is 0. The van der Waals surface area contributed by atoms with E-state index in [2.05, 4.69) is 34.5 Å². The fourth-order valence-electron chi connectivity index (χ4n) is 3.39. The Hall–Kier alpha value is -1.35. The van der Waals surface area contributed by atoms with Crippen LogP contribution in [0.2, 0.25) is 0 Å². The number of para-hydroxylation sites is 1. The molecule has 0 bridgehead atoms. The van der Waals surface area contributed by atoms with E-state index in [-0.39, 0.29) is 5.92 Å². The Kier molecular flexibility index (Phi) is 4.36. The predicted octanol–water partition coefficient (Wildman–Crippen LogP) is 2.40. The van der Waals surface area contributed by atoms with Crippen molar-refractivity contribution in [3.63, 3.8) is 0 Å². The molecule has 1 aromatic carbocycles. The maximum Gasteiger partial charge on any atom is 0.156 e. The molecule has 0 saturated carbocycles. The van der Waals surface area contributed by atoms with Crippen molar-refractivity contribution in [1.82, 2.24) is 5.32 Å². The Labute approximate surface area is 121 Å². The molecular weight excluding hydrogens is 248 g/mol. The smallest absolute Gasteiger partial charge is 0.156 e. The SMILES string of the molecule is O=C(CN1CCCc2ccccc21)C1CCCCNC1. The molecule has 0 spiro atoms. The highest BCUT2D eigenvalue weighted by Crippen LogP contribution is 2.27. The van der Waals surface area contributed by atoms with Crippen molar-refractivity contribution < 1.29 is 4.79 Å². The van der Waals surface area contributed by atoms with Gasteiger partial charge in [0.15, 0.2) is 5.78 Å². The van der Waals surface area contributed by atoms with Crippen LogP contribution in [0.1, 0.15) is 31.2 Å². The van der Waals surface area contributed by atoms with Gasteiger partial charge in [0.25, 0.3) is 0 Å². The van der Waals surface area contributed by atoms with Gasteiger partial charge in [-0.1, -0.05) is 24.6 Å². The van der Waals surface area contributed by atoms with Gasteiger partial charge in [-0.25, -0.2) is 0 Å². The number of nitrogens with one attached hydrogen (secondary N) is 1. The molecule has 2 heterocycles. The van der Waals surface area contributed by atoms with Crippen molar-refractivity contribution in [2.24, 2.45) is 5.92 Å². The standard InChI is InChI=1S/C17H24N2O/c20-17(15-7-3-4-10-18-12-15)13-19-11-5-8-14-6-1-2-9-16(14)19/h1-2,6,9,15,18H,3-5,7-8,10-13H2. The first-order valence-corrected chi connectivity index (χ1v) is 7.91. The predicted molar refractivity (Wildman–Crippen MR) is 82.2 cm³/mol. The molecule has 1 saturated heterocycles. The molecule has 20 heavy (non-hydrogen) atoms. The number of hydrogen-bond donors (Lipinski definition) is 1. The molecule has 1 N–H and O–H groups in total. The first kappa shape index (κ1) is 13.6. The van der Waals surface area contributed by atoms with Crippen LogP contribution in [0.15, 0.2) is 24.3 Å². The third-order valence-electron chi connectivity index (χ3n) is 4.56. The Morgan fingerprint density at radius 1 is 1.25 bits per heavy atom. The number of ketones is 1. The third kappa shape index (κ3) is 3.04. The Morgan fingerprint density at radius 3 is 3.10 bits per heavy atom. The number of nitrogens with zero attached hydrogens (tertiary/aromatic N) is 1. The van der Waals surface area contributed by atoms with Gasteiger partial charge in [-0.2, -0.15) is 0 Å². The highest BCUT2D eigenvalue weighted by Gasteiger charge is 2.24. The summed E-state index contributed by atoms with van der Waals surface area (Å²) >= 11 is 0. The van der Waals surface area contributed by atoms with Crippen molar-refractivity contribution in [2.45, 2.75) is 32.1 Å². The minimum Gasteiger partial charge on any atom is -0.364 e. The van der Waals surface area contributed by atoms with Gasteiger partial charge in [0.2, 0.25) is 0 Å². The molecule has 2 aliphatic rings. The Bertz CT molecular complexity index is 464. The van der Waals surface area contributed by atoms with Crippen molar-refractivity contribution in [1.29, 1.82) is 0 Å². The largest absolute Gasteiger partial charge is 0.364 e. The Balaban J connectivity index is 1.67. The monoisotopic (exact) mass is 272 g/mol. The van der Waals surface area contributed by atoms with E-state index in [1.165, 1.54) is 24.1 Å². The second kappa shape index (κ2) is 6.40. The lowest BCUT2D eigenvalue weighted by atomic mass is 9.96. The van der Waals surface area contributed by atoms with E-state index < -0.39 is 0 Å². The van der Waals surface area contributed by atoms with Crippen LogP contribution in [0.3, 0.4) is 0 Å². The van der Waals surface area contributed by atoms with Crippen molar-refractivity contribution in [3.8, 4) is 0 Å². The molecule has 1 fully saturated rings. The van der Waals surface area contributed by atoms with Gasteiger partial charge in [0.1, 0.15) is 0 Å². The lowest BCUT2D eigenvalue weighted by molar-refractivity contribution is -0.121. The van der Waals surface area contributed by atoms with Crippen LogP contribution in [-0.2, 0) is 11.2 Å². The second-order valence-electron chi connectivity index (χ2n) is 6.02. The maximum absolute atomic E-state index is 12.5. The van der Waals surface area contributed by atoms with Gasteiger partial charge in [0, 0.05) is 24.7 Å². The fraction of sp³-hybridized carbons (Fsp3) is 0.588. The fourth-order valence-corrected chi connectivity index (χ4v) is 3.39. The summed E-state index contributed by atoms with van der Waals surface area (Å²) in [7, 11) is 0. The summed E-state index contributed by atoms with van der Waals surface area (Å²) in [4.78, 5) is 14.8. The topological polar surface area (TPSA) is 32.3 Å². The van der Waals surface area contributed by atoms with Crippen LogP contribution >= 0.6 is 0 Å². The Morgan fingerprint density at radius 2 is 2.15 bits per heavy atom. The molecule has 1 atom stereocenters. The number of benzene rings is 1. The molecule has 108 valence electrons. The van der Waals surface area contributed by atoms with E-state index in [1.807, 2.05) is 0 Å². The normalized spacial score (nSPS) is 23.0. The average Bonchev–Trinajstić information content (AvgIpc) is 2.77. The molecule has 0 radical (unpaired) electrons. The molecule has 3 rings (SSSR count). The van der Waals surface area contributed by atoms with Gasteiger partial charge in [0.05, 0.1) is 6.54 Å². The quantitative estimate of drug-likeness (QED) is 0.917. The molecule has 0 amide bonds. The number of aryl methyl sites for hydroxylation is 1. The van der Waals surface area contributed by atoms with Crippen LogP contribution < -0.4 is 10.2 Å².